The Bertz CT molecular complexity index is 1280. The summed E-state index contributed by atoms with van der Waals surface area (Å²) in [6.45, 7) is 0. The smallest absolute Gasteiger partial charge is 0.240 e. The number of pyridine rings is 1. The fourth-order valence-corrected chi connectivity index (χ4v) is 3.56. The molecule has 8 nitrogen and oxygen atoms in total. The third kappa shape index (κ3) is 4.31. The van der Waals surface area contributed by atoms with Crippen molar-refractivity contribution >= 4 is 43.9 Å². The molecule has 2 aromatic heterocycles. The molecule has 4 aromatic rings. The van der Waals surface area contributed by atoms with Crippen molar-refractivity contribution in [1.29, 1.82) is 0 Å². The maximum Gasteiger partial charge on any atom is 0.240 e. The lowest BCUT2D eigenvalue weighted by atomic mass is 10.2. The highest BCUT2D eigenvalue weighted by Crippen LogP contribution is 2.22. The molecule has 0 spiro atoms. The number of nitrogens with zero attached hydrogens (tertiary/aromatic N) is 3. The lowest BCUT2D eigenvalue weighted by molar-refractivity contribution is 0.588. The van der Waals surface area contributed by atoms with Crippen LogP contribution in [0.1, 0.15) is 0 Å². The van der Waals surface area contributed by atoms with E-state index in [1.165, 1.54) is 25.5 Å². The molecule has 0 radical (unpaired) electrons. The van der Waals surface area contributed by atoms with Crippen molar-refractivity contribution in [1.82, 2.24) is 19.7 Å². The van der Waals surface area contributed by atoms with E-state index in [0.717, 1.165) is 10.8 Å². The maximum absolute atomic E-state index is 12.0. The molecule has 0 aliphatic carbocycles. The van der Waals surface area contributed by atoms with E-state index in [1.807, 2.05) is 30.3 Å². The van der Waals surface area contributed by atoms with Gasteiger partial charge in [-0.1, -0.05) is 30.3 Å². The van der Waals surface area contributed by atoms with Crippen LogP contribution in [0.25, 0.3) is 10.8 Å². The van der Waals surface area contributed by atoms with Crippen LogP contribution >= 0.6 is 0 Å². The molecule has 2 aromatic carbocycles. The lowest BCUT2D eigenvalue weighted by Crippen LogP contribution is -2.18. The van der Waals surface area contributed by atoms with Crippen molar-refractivity contribution in [3.63, 3.8) is 0 Å². The second-order valence-corrected chi connectivity index (χ2v) is 8.08. The molecule has 2 heterocycles. The number of aromatic nitrogens is 3. The van der Waals surface area contributed by atoms with E-state index in [9.17, 15) is 8.42 Å². The predicted octanol–water partition coefficient (Wildman–Crippen LogP) is 3.42. The predicted molar refractivity (Wildman–Crippen MR) is 113 cm³/mol. The van der Waals surface area contributed by atoms with Crippen LogP contribution in [0.5, 0.6) is 0 Å². The number of nitrogens with one attached hydrogen (secondary N) is 3. The van der Waals surface area contributed by atoms with Gasteiger partial charge in [0.1, 0.15) is 23.8 Å². The summed E-state index contributed by atoms with van der Waals surface area (Å²) in [5.41, 5.74) is 0.592. The van der Waals surface area contributed by atoms with Crippen molar-refractivity contribution < 1.29 is 8.42 Å². The molecule has 0 bridgehead atoms. The normalized spacial score (nSPS) is 11.3. The third-order valence-corrected chi connectivity index (χ3v) is 5.65. The van der Waals surface area contributed by atoms with E-state index in [1.54, 1.807) is 24.4 Å². The summed E-state index contributed by atoms with van der Waals surface area (Å²) in [6, 6.07) is 18.1. The molecule has 29 heavy (non-hydrogen) atoms. The van der Waals surface area contributed by atoms with Crippen LogP contribution in [0, 0.1) is 0 Å². The minimum absolute atomic E-state index is 0.165. The molecule has 0 saturated heterocycles. The molecule has 0 fully saturated rings. The SMILES string of the molecule is CNS(=O)(=O)c1cccc(Nc2cc(Nc3cc4ccccc4cn3)ncn2)c1. The number of fused-ring (bicyclic) bond motifs is 1. The Balaban J connectivity index is 1.55. The third-order valence-electron chi connectivity index (χ3n) is 4.24. The first-order valence-electron chi connectivity index (χ1n) is 8.78. The van der Waals surface area contributed by atoms with Crippen LogP contribution in [0.2, 0.25) is 0 Å². The summed E-state index contributed by atoms with van der Waals surface area (Å²) in [5.74, 6) is 1.74. The van der Waals surface area contributed by atoms with E-state index >= 15 is 0 Å². The zero-order valence-corrected chi connectivity index (χ0v) is 16.3. The minimum Gasteiger partial charge on any atom is -0.340 e. The van der Waals surface area contributed by atoms with Crippen molar-refractivity contribution in [2.45, 2.75) is 4.90 Å². The van der Waals surface area contributed by atoms with Gasteiger partial charge in [-0.15, -0.1) is 0 Å². The Labute approximate surface area is 168 Å². The number of anilines is 4. The van der Waals surface area contributed by atoms with Gasteiger partial charge in [0.2, 0.25) is 10.0 Å². The van der Waals surface area contributed by atoms with E-state index in [4.69, 9.17) is 0 Å². The van der Waals surface area contributed by atoms with Crippen molar-refractivity contribution in [3.8, 4) is 0 Å². The summed E-state index contributed by atoms with van der Waals surface area (Å²) < 4.78 is 26.2. The van der Waals surface area contributed by atoms with Crippen LogP contribution in [0.15, 0.2) is 78.1 Å². The average molecular weight is 406 g/mol. The zero-order chi connectivity index (χ0) is 20.3. The Hall–Kier alpha value is -3.56. The molecular formula is C20H18N6O2S. The average Bonchev–Trinajstić information content (AvgIpc) is 2.74. The van der Waals surface area contributed by atoms with Gasteiger partial charge in [-0.25, -0.2) is 28.1 Å². The number of hydrogen-bond donors (Lipinski definition) is 3. The molecule has 3 N–H and O–H groups in total. The van der Waals surface area contributed by atoms with Gasteiger partial charge in [0, 0.05) is 23.3 Å². The number of hydrogen-bond acceptors (Lipinski definition) is 7. The maximum atomic E-state index is 12.0. The lowest BCUT2D eigenvalue weighted by Gasteiger charge is -2.10. The summed E-state index contributed by atoms with van der Waals surface area (Å²) in [7, 11) is -2.15. The number of benzene rings is 2. The largest absolute Gasteiger partial charge is 0.340 e. The van der Waals surface area contributed by atoms with Crippen molar-refractivity contribution in [2.75, 3.05) is 17.7 Å². The van der Waals surface area contributed by atoms with Crippen LogP contribution in [0.3, 0.4) is 0 Å². The van der Waals surface area contributed by atoms with Gasteiger partial charge in [0.15, 0.2) is 0 Å². The number of rotatable bonds is 6. The highest BCUT2D eigenvalue weighted by atomic mass is 32.2. The molecule has 0 saturated carbocycles. The number of sulfonamides is 1. The monoisotopic (exact) mass is 406 g/mol. The zero-order valence-electron chi connectivity index (χ0n) is 15.5. The molecular weight excluding hydrogens is 388 g/mol. The quantitative estimate of drug-likeness (QED) is 0.450. The Morgan fingerprint density at radius 2 is 1.48 bits per heavy atom. The second-order valence-electron chi connectivity index (χ2n) is 6.19. The summed E-state index contributed by atoms with van der Waals surface area (Å²) >= 11 is 0. The van der Waals surface area contributed by atoms with E-state index in [-0.39, 0.29) is 4.90 Å². The van der Waals surface area contributed by atoms with Gasteiger partial charge >= 0.3 is 0 Å². The first kappa shape index (κ1) is 18.8. The molecule has 0 amide bonds. The van der Waals surface area contributed by atoms with Crippen LogP contribution in [0.4, 0.5) is 23.1 Å². The van der Waals surface area contributed by atoms with Crippen LogP contribution < -0.4 is 15.4 Å². The van der Waals surface area contributed by atoms with Gasteiger partial charge in [-0.05, 0) is 36.7 Å². The van der Waals surface area contributed by atoms with E-state index in [2.05, 4.69) is 30.3 Å². The van der Waals surface area contributed by atoms with Crippen molar-refractivity contribution in [3.05, 3.63) is 73.2 Å². The summed E-state index contributed by atoms with van der Waals surface area (Å²) in [4.78, 5) is 13.0. The molecule has 0 aliphatic heterocycles. The second kappa shape index (κ2) is 7.82. The first-order valence-corrected chi connectivity index (χ1v) is 10.3. The molecule has 0 unspecified atom stereocenters. The van der Waals surface area contributed by atoms with Gasteiger partial charge < -0.3 is 10.6 Å². The summed E-state index contributed by atoms with van der Waals surface area (Å²) in [5, 5.41) is 8.38. The molecule has 9 heteroatoms. The highest BCUT2D eigenvalue weighted by Gasteiger charge is 2.11. The fraction of sp³-hybridized carbons (Fsp3) is 0.0500. The molecule has 0 atom stereocenters. The topological polar surface area (TPSA) is 109 Å². The van der Waals surface area contributed by atoms with Gasteiger partial charge in [-0.3, -0.25) is 0 Å². The highest BCUT2D eigenvalue weighted by molar-refractivity contribution is 7.89. The fourth-order valence-electron chi connectivity index (χ4n) is 2.78. The standard InChI is InChI=1S/C20H18N6O2S/c1-21-29(27,28)17-8-4-7-16(10-17)25-19-11-20(24-13-23-19)26-18-9-14-5-2-3-6-15(14)12-22-18/h2-13,21H,1H3,(H2,22,23,24,25,26). The minimum atomic E-state index is -3.52. The summed E-state index contributed by atoms with van der Waals surface area (Å²) in [6.07, 6.45) is 3.21. The van der Waals surface area contributed by atoms with Gasteiger partial charge in [0.25, 0.3) is 0 Å². The molecule has 0 aliphatic rings. The van der Waals surface area contributed by atoms with E-state index < -0.39 is 10.0 Å². The van der Waals surface area contributed by atoms with E-state index in [0.29, 0.717) is 23.1 Å². The molecule has 146 valence electrons. The Morgan fingerprint density at radius 1 is 0.759 bits per heavy atom. The van der Waals surface area contributed by atoms with Gasteiger partial charge in [0.05, 0.1) is 4.90 Å². The Morgan fingerprint density at radius 3 is 2.28 bits per heavy atom. The van der Waals surface area contributed by atoms with Crippen LogP contribution in [-0.2, 0) is 10.0 Å². The Kier molecular flexibility index (Phi) is 5.07. The van der Waals surface area contributed by atoms with Crippen LogP contribution in [-0.4, -0.2) is 30.4 Å². The molecule has 4 rings (SSSR count). The first-order chi connectivity index (χ1) is 14.0. The van der Waals surface area contributed by atoms with Crippen molar-refractivity contribution in [2.24, 2.45) is 0 Å². The van der Waals surface area contributed by atoms with Gasteiger partial charge in [-0.2, -0.15) is 0 Å².